The average molecular weight is 378 g/mol. The average Bonchev–Trinajstić information content (AvgIpc) is 2.62. The highest BCUT2D eigenvalue weighted by molar-refractivity contribution is 7.89. The van der Waals surface area contributed by atoms with Crippen LogP contribution < -0.4 is 10.0 Å². The Hall–Kier alpha value is -2.25. The van der Waals surface area contributed by atoms with E-state index in [0.717, 1.165) is 24.5 Å². The van der Waals surface area contributed by atoms with Crippen molar-refractivity contribution in [3.8, 4) is 0 Å². The summed E-state index contributed by atoms with van der Waals surface area (Å²) in [6, 6.07) is 13.1. The smallest absolute Gasteiger partial charge is 0.244 e. The molecule has 0 aliphatic rings. The van der Waals surface area contributed by atoms with Crippen LogP contribution in [0.5, 0.6) is 0 Å². The van der Waals surface area contributed by atoms with Gasteiger partial charge in [-0.15, -0.1) is 0 Å². The number of carbonyl (C=O) groups excluding carboxylic acids is 1. The Balaban J connectivity index is 2.22. The zero-order chi connectivity index (χ0) is 19.0. The Labute approximate surface area is 153 Å². The molecule has 5 nitrogen and oxygen atoms in total. The fourth-order valence-corrected chi connectivity index (χ4v) is 3.74. The van der Waals surface area contributed by atoms with Gasteiger partial charge in [-0.1, -0.05) is 55.8 Å². The summed E-state index contributed by atoms with van der Waals surface area (Å²) in [6.45, 7) is 2.45. The summed E-state index contributed by atoms with van der Waals surface area (Å²) in [5.41, 5.74) is 0.805. The van der Waals surface area contributed by atoms with E-state index in [2.05, 4.69) is 10.0 Å². The van der Waals surface area contributed by atoms with Crippen molar-refractivity contribution in [3.05, 3.63) is 66.0 Å². The molecule has 2 rings (SSSR count). The summed E-state index contributed by atoms with van der Waals surface area (Å²) in [7, 11) is -4.17. The van der Waals surface area contributed by atoms with Gasteiger partial charge in [-0.2, -0.15) is 4.72 Å². The number of amides is 1. The van der Waals surface area contributed by atoms with Gasteiger partial charge in [0.1, 0.15) is 16.8 Å². The molecule has 2 aromatic carbocycles. The van der Waals surface area contributed by atoms with Crippen molar-refractivity contribution < 1.29 is 17.6 Å². The molecule has 2 N–H and O–H groups in total. The molecule has 7 heteroatoms. The number of sulfonamides is 1. The number of nitrogens with one attached hydrogen (secondary N) is 2. The molecule has 1 atom stereocenters. The van der Waals surface area contributed by atoms with Crippen molar-refractivity contribution >= 4 is 15.9 Å². The maximum Gasteiger partial charge on any atom is 0.244 e. The van der Waals surface area contributed by atoms with Crippen LogP contribution in [-0.2, 0) is 21.2 Å². The van der Waals surface area contributed by atoms with E-state index in [9.17, 15) is 17.6 Å². The Morgan fingerprint density at radius 3 is 2.38 bits per heavy atom. The van der Waals surface area contributed by atoms with E-state index in [1.165, 1.54) is 18.2 Å². The van der Waals surface area contributed by atoms with Crippen LogP contribution in [0, 0.1) is 5.82 Å². The zero-order valence-corrected chi connectivity index (χ0v) is 15.4. The van der Waals surface area contributed by atoms with Crippen LogP contribution in [0.4, 0.5) is 4.39 Å². The van der Waals surface area contributed by atoms with Crippen LogP contribution in [0.3, 0.4) is 0 Å². The Morgan fingerprint density at radius 2 is 1.73 bits per heavy atom. The molecule has 2 aromatic rings. The SMILES string of the molecule is CCCCNC(=O)C(Cc1ccccc1)NS(=O)(=O)c1ccccc1F. The third kappa shape index (κ3) is 5.64. The molecule has 26 heavy (non-hydrogen) atoms. The van der Waals surface area contributed by atoms with Crippen molar-refractivity contribution in [2.24, 2.45) is 0 Å². The molecule has 0 heterocycles. The van der Waals surface area contributed by atoms with Crippen molar-refractivity contribution in [1.29, 1.82) is 0 Å². The second-order valence-corrected chi connectivity index (χ2v) is 7.62. The van der Waals surface area contributed by atoms with Gasteiger partial charge >= 0.3 is 0 Å². The Morgan fingerprint density at radius 1 is 1.08 bits per heavy atom. The predicted molar refractivity (Wildman–Crippen MR) is 98.6 cm³/mol. The van der Waals surface area contributed by atoms with Gasteiger partial charge in [0, 0.05) is 6.54 Å². The first-order valence-corrected chi connectivity index (χ1v) is 10.0. The number of hydrogen-bond donors (Lipinski definition) is 2. The number of halogens is 1. The molecule has 0 spiro atoms. The lowest BCUT2D eigenvalue weighted by atomic mass is 10.1. The van der Waals surface area contributed by atoms with Crippen LogP contribution in [-0.4, -0.2) is 26.9 Å². The van der Waals surface area contributed by atoms with E-state index in [1.54, 1.807) is 0 Å². The fourth-order valence-electron chi connectivity index (χ4n) is 2.46. The molecule has 0 saturated carbocycles. The molecule has 0 bridgehead atoms. The van der Waals surface area contributed by atoms with Gasteiger partial charge in [0.15, 0.2) is 0 Å². The molecule has 1 unspecified atom stereocenters. The maximum absolute atomic E-state index is 13.9. The highest BCUT2D eigenvalue weighted by Crippen LogP contribution is 2.15. The highest BCUT2D eigenvalue weighted by atomic mass is 32.2. The second-order valence-electron chi connectivity index (χ2n) is 5.94. The van der Waals surface area contributed by atoms with E-state index in [1.807, 2.05) is 37.3 Å². The first-order valence-electron chi connectivity index (χ1n) is 8.52. The minimum absolute atomic E-state index is 0.173. The zero-order valence-electron chi connectivity index (χ0n) is 14.6. The van der Waals surface area contributed by atoms with E-state index in [0.29, 0.717) is 6.54 Å². The first-order chi connectivity index (χ1) is 12.4. The van der Waals surface area contributed by atoms with Crippen molar-refractivity contribution in [1.82, 2.24) is 10.0 Å². The summed E-state index contributed by atoms with van der Waals surface area (Å²) >= 11 is 0. The summed E-state index contributed by atoms with van der Waals surface area (Å²) < 4.78 is 41.4. The number of hydrogen-bond acceptors (Lipinski definition) is 3. The van der Waals surface area contributed by atoms with Gasteiger partial charge in [-0.05, 0) is 30.5 Å². The number of benzene rings is 2. The standard InChI is InChI=1S/C19H23FN2O3S/c1-2-3-13-21-19(23)17(14-15-9-5-4-6-10-15)22-26(24,25)18-12-8-7-11-16(18)20/h4-12,17,22H,2-3,13-14H2,1H3,(H,21,23). The molecule has 0 aliphatic carbocycles. The molecule has 0 radical (unpaired) electrons. The summed E-state index contributed by atoms with van der Waals surface area (Å²) in [5, 5.41) is 2.73. The van der Waals surface area contributed by atoms with Crippen LogP contribution >= 0.6 is 0 Å². The summed E-state index contributed by atoms with van der Waals surface area (Å²) in [4.78, 5) is 12.0. The molecule has 0 aliphatic heterocycles. The van der Waals surface area contributed by atoms with E-state index < -0.39 is 32.7 Å². The lowest BCUT2D eigenvalue weighted by Gasteiger charge is -2.19. The van der Waals surface area contributed by atoms with E-state index in [-0.39, 0.29) is 6.42 Å². The van der Waals surface area contributed by atoms with Crippen molar-refractivity contribution in [3.63, 3.8) is 0 Å². The Bertz CT molecular complexity index is 826. The molecular weight excluding hydrogens is 355 g/mol. The van der Waals surface area contributed by atoms with Gasteiger partial charge in [-0.3, -0.25) is 4.79 Å². The van der Waals surface area contributed by atoms with Crippen LogP contribution in [0.2, 0.25) is 0 Å². The molecule has 0 saturated heterocycles. The third-order valence-electron chi connectivity index (χ3n) is 3.85. The molecule has 0 aromatic heterocycles. The van der Waals surface area contributed by atoms with Gasteiger partial charge in [0.2, 0.25) is 15.9 Å². The van der Waals surface area contributed by atoms with Gasteiger partial charge < -0.3 is 5.32 Å². The van der Waals surface area contributed by atoms with Crippen molar-refractivity contribution in [2.45, 2.75) is 37.1 Å². The normalized spacial score (nSPS) is 12.5. The van der Waals surface area contributed by atoms with Gasteiger partial charge in [0.25, 0.3) is 0 Å². The van der Waals surface area contributed by atoms with Crippen LogP contribution in [0.25, 0.3) is 0 Å². The van der Waals surface area contributed by atoms with Gasteiger partial charge in [0.05, 0.1) is 0 Å². The van der Waals surface area contributed by atoms with E-state index in [4.69, 9.17) is 0 Å². The predicted octanol–water partition coefficient (Wildman–Crippen LogP) is 2.63. The maximum atomic E-state index is 13.9. The summed E-state index contributed by atoms with van der Waals surface area (Å²) in [6.07, 6.45) is 1.88. The Kier molecular flexibility index (Phi) is 7.29. The van der Waals surface area contributed by atoms with Crippen LogP contribution in [0.15, 0.2) is 59.5 Å². The van der Waals surface area contributed by atoms with Gasteiger partial charge in [-0.25, -0.2) is 12.8 Å². The quantitative estimate of drug-likeness (QED) is 0.659. The molecule has 1 amide bonds. The van der Waals surface area contributed by atoms with Crippen LogP contribution in [0.1, 0.15) is 25.3 Å². The minimum atomic E-state index is -4.17. The minimum Gasteiger partial charge on any atom is -0.355 e. The largest absolute Gasteiger partial charge is 0.355 e. The first kappa shape index (κ1) is 20.1. The molecule has 140 valence electrons. The topological polar surface area (TPSA) is 75.3 Å². The molecular formula is C19H23FN2O3S. The molecule has 0 fully saturated rings. The van der Waals surface area contributed by atoms with E-state index >= 15 is 0 Å². The number of rotatable bonds is 9. The fraction of sp³-hybridized carbons (Fsp3) is 0.316. The van der Waals surface area contributed by atoms with Crippen molar-refractivity contribution in [2.75, 3.05) is 6.54 Å². The lowest BCUT2D eigenvalue weighted by molar-refractivity contribution is -0.122. The second kappa shape index (κ2) is 9.45. The lowest BCUT2D eigenvalue weighted by Crippen LogP contribution is -2.48. The summed E-state index contributed by atoms with van der Waals surface area (Å²) in [5.74, 6) is -1.29. The third-order valence-corrected chi connectivity index (χ3v) is 5.36. The number of carbonyl (C=O) groups is 1. The monoisotopic (exact) mass is 378 g/mol. The number of unbranched alkanes of at least 4 members (excludes halogenated alkanes) is 1. The highest BCUT2D eigenvalue weighted by Gasteiger charge is 2.27.